The number of aryl methyl sites for hydroxylation is 1. The second kappa shape index (κ2) is 6.14. The Hall–Kier alpha value is -3.22. The van der Waals surface area contributed by atoms with Gasteiger partial charge in [0.2, 0.25) is 5.91 Å². The zero-order valence-corrected chi connectivity index (χ0v) is 17.8. The first-order valence-electron chi connectivity index (χ1n) is 10.1. The van der Waals surface area contributed by atoms with E-state index in [1.807, 2.05) is 50.5 Å². The van der Waals surface area contributed by atoms with Gasteiger partial charge in [0.1, 0.15) is 11.6 Å². The van der Waals surface area contributed by atoms with Crippen LogP contribution in [0.2, 0.25) is 0 Å². The highest BCUT2D eigenvalue weighted by Gasteiger charge is 2.36. The van der Waals surface area contributed by atoms with E-state index < -0.39 is 5.54 Å². The molecule has 0 atom stereocenters. The van der Waals surface area contributed by atoms with Crippen molar-refractivity contribution < 1.29 is 9.18 Å². The second-order valence-corrected chi connectivity index (χ2v) is 8.67. The van der Waals surface area contributed by atoms with Gasteiger partial charge in [0.05, 0.1) is 16.9 Å². The monoisotopic (exact) mass is 405 g/mol. The number of nitrogens with one attached hydrogen (secondary N) is 1. The number of carbonyl (C=O) groups excluding carboxylic acids is 1. The Balaban J connectivity index is 1.79. The molecule has 30 heavy (non-hydrogen) atoms. The maximum Gasteiger partial charge on any atom is 0.227 e. The number of carbonyl (C=O) groups is 1. The molecule has 5 rings (SSSR count). The zero-order chi connectivity index (χ0) is 21.4. The molecule has 7 heteroatoms. The van der Waals surface area contributed by atoms with Gasteiger partial charge < -0.3 is 10.2 Å². The van der Waals surface area contributed by atoms with Gasteiger partial charge in [0.25, 0.3) is 0 Å². The first-order valence-corrected chi connectivity index (χ1v) is 10.1. The molecule has 6 nitrogen and oxygen atoms in total. The molecule has 0 radical (unpaired) electrons. The topological polar surface area (TPSA) is 63.1 Å². The van der Waals surface area contributed by atoms with E-state index in [0.717, 1.165) is 45.4 Å². The number of nitrogens with zero attached hydrogens (tertiary/aromatic N) is 4. The van der Waals surface area contributed by atoms with Gasteiger partial charge in [-0.25, -0.2) is 4.39 Å². The second-order valence-electron chi connectivity index (χ2n) is 8.67. The number of amides is 1. The molecule has 2 aliphatic heterocycles. The quantitative estimate of drug-likeness (QED) is 0.657. The van der Waals surface area contributed by atoms with Gasteiger partial charge in [0, 0.05) is 24.7 Å². The number of rotatable bonds is 1. The molecule has 3 aromatic rings. The number of fused-ring (bicyclic) bond motifs is 4. The van der Waals surface area contributed by atoms with E-state index in [2.05, 4.69) is 15.5 Å². The highest BCUT2D eigenvalue weighted by molar-refractivity contribution is 5.98. The lowest BCUT2D eigenvalue weighted by molar-refractivity contribution is -0.118. The standard InChI is InChI=1S/C23H24FN5O/c1-12-20(15-7-6-8-18-14(15)9-10-19(30)28(18)5)16(24)11-17-21(12)29-13(2)26-27-22(29)23(3,4)25-17/h6-8,11,25H,9-10H2,1-5H3. The summed E-state index contributed by atoms with van der Waals surface area (Å²) in [6.45, 7) is 7.88. The van der Waals surface area contributed by atoms with Crippen molar-refractivity contribution in [2.24, 2.45) is 0 Å². The molecule has 3 heterocycles. The number of aromatic nitrogens is 3. The van der Waals surface area contributed by atoms with Crippen molar-refractivity contribution in [2.45, 2.75) is 46.1 Å². The SMILES string of the molecule is Cc1c(-c2cccc3c2CCC(=O)N3C)c(F)cc2c1-n1c(C)nnc1C(C)(C)N2. The van der Waals surface area contributed by atoms with Crippen molar-refractivity contribution in [2.75, 3.05) is 17.3 Å². The Morgan fingerprint density at radius 3 is 2.70 bits per heavy atom. The summed E-state index contributed by atoms with van der Waals surface area (Å²) in [5.74, 6) is 1.37. The van der Waals surface area contributed by atoms with Gasteiger partial charge in [-0.05, 0) is 62.9 Å². The summed E-state index contributed by atoms with van der Waals surface area (Å²) in [5, 5.41) is 12.1. The maximum atomic E-state index is 15.6. The van der Waals surface area contributed by atoms with Gasteiger partial charge in [-0.2, -0.15) is 0 Å². The number of halogens is 1. The molecule has 1 N–H and O–H groups in total. The molecular weight excluding hydrogens is 381 g/mol. The molecule has 1 amide bonds. The summed E-state index contributed by atoms with van der Waals surface area (Å²) in [5.41, 5.74) is 5.21. The molecule has 0 aliphatic carbocycles. The Kier molecular flexibility index (Phi) is 3.84. The molecule has 0 saturated heterocycles. The lowest BCUT2D eigenvalue weighted by Gasteiger charge is -2.35. The molecule has 0 fully saturated rings. The van der Waals surface area contributed by atoms with Gasteiger partial charge in [-0.15, -0.1) is 10.2 Å². The third-order valence-electron chi connectivity index (χ3n) is 6.29. The average Bonchev–Trinajstić information content (AvgIpc) is 3.07. The highest BCUT2D eigenvalue weighted by Crippen LogP contribution is 2.45. The fraction of sp³-hybridized carbons (Fsp3) is 0.348. The van der Waals surface area contributed by atoms with Crippen LogP contribution in [0.15, 0.2) is 24.3 Å². The largest absolute Gasteiger partial charge is 0.371 e. The summed E-state index contributed by atoms with van der Waals surface area (Å²) in [6, 6.07) is 7.32. The summed E-state index contributed by atoms with van der Waals surface area (Å²) in [4.78, 5) is 13.8. The summed E-state index contributed by atoms with van der Waals surface area (Å²) in [6.07, 6.45) is 1.03. The molecule has 0 bridgehead atoms. The van der Waals surface area contributed by atoms with Crippen LogP contribution in [0, 0.1) is 19.7 Å². The predicted octanol–water partition coefficient (Wildman–Crippen LogP) is 4.26. The van der Waals surface area contributed by atoms with E-state index in [1.165, 1.54) is 0 Å². The Morgan fingerprint density at radius 1 is 1.17 bits per heavy atom. The van der Waals surface area contributed by atoms with E-state index in [4.69, 9.17) is 0 Å². The van der Waals surface area contributed by atoms with Gasteiger partial charge in [-0.3, -0.25) is 9.36 Å². The number of hydrogen-bond acceptors (Lipinski definition) is 4. The molecule has 1 aromatic heterocycles. The lowest BCUT2D eigenvalue weighted by atomic mass is 9.88. The van der Waals surface area contributed by atoms with Crippen molar-refractivity contribution in [3.63, 3.8) is 0 Å². The third-order valence-corrected chi connectivity index (χ3v) is 6.29. The molecule has 0 saturated carbocycles. The minimum absolute atomic E-state index is 0.0819. The van der Waals surface area contributed by atoms with E-state index in [1.54, 1.807) is 18.0 Å². The smallest absolute Gasteiger partial charge is 0.227 e. The molecule has 0 spiro atoms. The van der Waals surface area contributed by atoms with Crippen molar-refractivity contribution in [1.29, 1.82) is 0 Å². The Morgan fingerprint density at radius 2 is 1.93 bits per heavy atom. The Labute approximate surface area is 174 Å². The fourth-order valence-electron chi connectivity index (χ4n) is 4.83. The van der Waals surface area contributed by atoms with Crippen LogP contribution in [0.4, 0.5) is 15.8 Å². The van der Waals surface area contributed by atoms with Gasteiger partial charge in [0.15, 0.2) is 5.82 Å². The third kappa shape index (κ3) is 2.44. The van der Waals surface area contributed by atoms with Crippen LogP contribution in [-0.4, -0.2) is 27.7 Å². The average molecular weight is 405 g/mol. The first-order chi connectivity index (χ1) is 14.2. The first kappa shape index (κ1) is 18.8. The van der Waals surface area contributed by atoms with Gasteiger partial charge >= 0.3 is 0 Å². The summed E-state index contributed by atoms with van der Waals surface area (Å²) >= 11 is 0. The van der Waals surface area contributed by atoms with Crippen LogP contribution in [0.1, 0.15) is 43.0 Å². The normalized spacial score (nSPS) is 16.6. The van der Waals surface area contributed by atoms with Crippen molar-refractivity contribution >= 4 is 17.3 Å². The Bertz CT molecular complexity index is 1230. The minimum atomic E-state index is -0.469. The van der Waals surface area contributed by atoms with Crippen LogP contribution in [0.25, 0.3) is 16.8 Å². The van der Waals surface area contributed by atoms with Crippen molar-refractivity contribution in [3.05, 3.63) is 52.9 Å². The number of benzene rings is 2. The van der Waals surface area contributed by atoms with Crippen LogP contribution < -0.4 is 10.2 Å². The van der Waals surface area contributed by atoms with Crippen molar-refractivity contribution in [3.8, 4) is 16.8 Å². The molecular formula is C23H24FN5O. The van der Waals surface area contributed by atoms with Crippen LogP contribution >= 0.6 is 0 Å². The lowest BCUT2D eigenvalue weighted by Crippen LogP contribution is -2.36. The maximum absolute atomic E-state index is 15.6. The number of hydrogen-bond donors (Lipinski definition) is 1. The molecule has 2 aromatic carbocycles. The van der Waals surface area contributed by atoms with E-state index in [0.29, 0.717) is 18.4 Å². The van der Waals surface area contributed by atoms with Crippen LogP contribution in [0.5, 0.6) is 0 Å². The molecule has 0 unspecified atom stereocenters. The van der Waals surface area contributed by atoms with E-state index in [-0.39, 0.29) is 11.7 Å². The van der Waals surface area contributed by atoms with Gasteiger partial charge in [-0.1, -0.05) is 12.1 Å². The van der Waals surface area contributed by atoms with Crippen LogP contribution in [-0.2, 0) is 16.8 Å². The van der Waals surface area contributed by atoms with E-state index >= 15 is 4.39 Å². The highest BCUT2D eigenvalue weighted by atomic mass is 19.1. The summed E-state index contributed by atoms with van der Waals surface area (Å²) < 4.78 is 17.6. The zero-order valence-electron chi connectivity index (χ0n) is 17.8. The minimum Gasteiger partial charge on any atom is -0.371 e. The van der Waals surface area contributed by atoms with Crippen LogP contribution in [0.3, 0.4) is 0 Å². The van der Waals surface area contributed by atoms with E-state index in [9.17, 15) is 4.79 Å². The molecule has 154 valence electrons. The molecule has 2 aliphatic rings. The fourth-order valence-corrected chi connectivity index (χ4v) is 4.83. The predicted molar refractivity (Wildman–Crippen MR) is 115 cm³/mol. The number of anilines is 2. The van der Waals surface area contributed by atoms with Crippen molar-refractivity contribution in [1.82, 2.24) is 14.8 Å². The summed E-state index contributed by atoms with van der Waals surface area (Å²) in [7, 11) is 1.78.